The van der Waals surface area contributed by atoms with Crippen molar-refractivity contribution in [1.29, 1.82) is 0 Å². The minimum atomic E-state index is -0.975. The number of hydrogen-bond donors (Lipinski definition) is 0. The quantitative estimate of drug-likeness (QED) is 0.853. The Labute approximate surface area is 117 Å². The molecule has 2 rings (SSSR count). The Hall–Kier alpha value is -1.65. The number of likely N-dealkylation sites (tertiary alicyclic amines) is 1. The van der Waals surface area contributed by atoms with Crippen LogP contribution in [0.1, 0.15) is 32.6 Å². The molecule has 0 aliphatic carbocycles. The van der Waals surface area contributed by atoms with Gasteiger partial charge in [-0.2, -0.15) is 0 Å². The molecule has 0 N–H and O–H groups in total. The number of hydrogen-bond acceptors (Lipinski definition) is 2. The zero-order valence-electron chi connectivity index (χ0n) is 11.6. The van der Waals surface area contributed by atoms with Gasteiger partial charge in [-0.1, -0.05) is 12.8 Å². The molecule has 1 aliphatic heterocycles. The highest BCUT2D eigenvalue weighted by molar-refractivity contribution is 5.80. The van der Waals surface area contributed by atoms with Crippen LogP contribution in [0.3, 0.4) is 0 Å². The molecule has 0 aromatic heterocycles. The fourth-order valence-electron chi connectivity index (χ4n) is 2.35. The molecular weight excluding hydrogens is 264 g/mol. The summed E-state index contributed by atoms with van der Waals surface area (Å²) in [6.07, 6.45) is 3.59. The molecule has 0 radical (unpaired) electrons. The first kappa shape index (κ1) is 14.8. The summed E-state index contributed by atoms with van der Waals surface area (Å²) in [5.74, 6) is -1.84. The number of ether oxygens (including phenoxy) is 1. The summed E-state index contributed by atoms with van der Waals surface area (Å²) >= 11 is 0. The number of benzene rings is 1. The van der Waals surface area contributed by atoms with E-state index >= 15 is 0 Å². The van der Waals surface area contributed by atoms with Gasteiger partial charge in [-0.05, 0) is 31.9 Å². The summed E-state index contributed by atoms with van der Waals surface area (Å²) in [6.45, 7) is 3.11. The predicted molar refractivity (Wildman–Crippen MR) is 71.5 cm³/mol. The average Bonchev–Trinajstić information content (AvgIpc) is 2.71. The van der Waals surface area contributed by atoms with Crippen molar-refractivity contribution in [1.82, 2.24) is 4.90 Å². The first-order valence-electron chi connectivity index (χ1n) is 6.98. The minimum absolute atomic E-state index is 0.100. The molecule has 1 fully saturated rings. The van der Waals surface area contributed by atoms with Gasteiger partial charge in [0.05, 0.1) is 0 Å². The standard InChI is InChI=1S/C15H19F2NO2/c1-11(15(19)18-8-4-2-3-5-9-18)20-12-6-7-13(16)14(17)10-12/h6-7,10-11H,2-5,8-9H2,1H3. The Morgan fingerprint density at radius 3 is 2.40 bits per heavy atom. The third-order valence-electron chi connectivity index (χ3n) is 3.47. The zero-order valence-corrected chi connectivity index (χ0v) is 11.6. The molecule has 3 nitrogen and oxygen atoms in total. The monoisotopic (exact) mass is 283 g/mol. The smallest absolute Gasteiger partial charge is 0.263 e. The maximum absolute atomic E-state index is 13.1. The molecule has 0 bridgehead atoms. The van der Waals surface area contributed by atoms with Gasteiger partial charge in [-0.15, -0.1) is 0 Å². The Morgan fingerprint density at radius 1 is 1.15 bits per heavy atom. The summed E-state index contributed by atoms with van der Waals surface area (Å²) < 4.78 is 31.3. The SMILES string of the molecule is CC(Oc1ccc(F)c(F)c1)C(=O)N1CCCCCC1. The Bertz CT molecular complexity index is 471. The third-order valence-corrected chi connectivity index (χ3v) is 3.47. The van der Waals surface area contributed by atoms with Crippen LogP contribution in [-0.4, -0.2) is 30.0 Å². The van der Waals surface area contributed by atoms with E-state index in [2.05, 4.69) is 0 Å². The van der Waals surface area contributed by atoms with Gasteiger partial charge < -0.3 is 9.64 Å². The van der Waals surface area contributed by atoms with Gasteiger partial charge in [-0.3, -0.25) is 4.79 Å². The van der Waals surface area contributed by atoms with Crippen molar-refractivity contribution >= 4 is 5.91 Å². The van der Waals surface area contributed by atoms with E-state index in [4.69, 9.17) is 4.74 Å². The van der Waals surface area contributed by atoms with Crippen molar-refractivity contribution in [2.45, 2.75) is 38.7 Å². The van der Waals surface area contributed by atoms with E-state index in [-0.39, 0.29) is 11.7 Å². The lowest BCUT2D eigenvalue weighted by molar-refractivity contribution is -0.137. The van der Waals surface area contributed by atoms with Crippen molar-refractivity contribution in [2.24, 2.45) is 0 Å². The molecule has 0 saturated carbocycles. The molecule has 1 aliphatic rings. The second-order valence-electron chi connectivity index (χ2n) is 5.08. The van der Waals surface area contributed by atoms with Crippen LogP contribution in [0.15, 0.2) is 18.2 Å². The molecule has 110 valence electrons. The molecule has 1 aromatic carbocycles. The molecule has 5 heteroatoms. The van der Waals surface area contributed by atoms with Crippen LogP contribution in [0.5, 0.6) is 5.75 Å². The fraction of sp³-hybridized carbons (Fsp3) is 0.533. The second-order valence-corrected chi connectivity index (χ2v) is 5.08. The van der Waals surface area contributed by atoms with Crippen LogP contribution in [0.4, 0.5) is 8.78 Å². The summed E-state index contributed by atoms with van der Waals surface area (Å²) in [6, 6.07) is 3.28. The molecule has 1 unspecified atom stereocenters. The molecule has 0 spiro atoms. The largest absolute Gasteiger partial charge is 0.481 e. The van der Waals surface area contributed by atoms with Crippen LogP contribution in [-0.2, 0) is 4.79 Å². The Kier molecular flexibility index (Phi) is 4.93. The maximum atomic E-state index is 13.1. The Balaban J connectivity index is 1.97. The number of carbonyl (C=O) groups excluding carboxylic acids is 1. The summed E-state index contributed by atoms with van der Waals surface area (Å²) in [7, 11) is 0. The van der Waals surface area contributed by atoms with Crippen molar-refractivity contribution in [3.63, 3.8) is 0 Å². The molecule has 1 saturated heterocycles. The maximum Gasteiger partial charge on any atom is 0.263 e. The normalized spacial score (nSPS) is 17.4. The topological polar surface area (TPSA) is 29.5 Å². The first-order valence-corrected chi connectivity index (χ1v) is 6.98. The molecular formula is C15H19F2NO2. The van der Waals surface area contributed by atoms with Crippen LogP contribution in [0, 0.1) is 11.6 Å². The third kappa shape index (κ3) is 3.68. The van der Waals surface area contributed by atoms with E-state index in [9.17, 15) is 13.6 Å². The highest BCUT2D eigenvalue weighted by Crippen LogP contribution is 2.18. The van der Waals surface area contributed by atoms with E-state index < -0.39 is 17.7 Å². The lowest BCUT2D eigenvalue weighted by Gasteiger charge is -2.24. The van der Waals surface area contributed by atoms with E-state index in [0.29, 0.717) is 0 Å². The number of amides is 1. The number of nitrogens with zero attached hydrogens (tertiary/aromatic N) is 1. The first-order chi connectivity index (χ1) is 9.58. The van der Waals surface area contributed by atoms with E-state index in [1.807, 2.05) is 0 Å². The predicted octanol–water partition coefficient (Wildman–Crippen LogP) is 3.13. The molecule has 1 aromatic rings. The number of rotatable bonds is 3. The lowest BCUT2D eigenvalue weighted by Crippen LogP contribution is -2.41. The van der Waals surface area contributed by atoms with Crippen molar-refractivity contribution in [3.05, 3.63) is 29.8 Å². The summed E-state index contributed by atoms with van der Waals surface area (Å²) in [5.41, 5.74) is 0. The molecule has 1 atom stereocenters. The Morgan fingerprint density at radius 2 is 1.80 bits per heavy atom. The van der Waals surface area contributed by atoms with Crippen LogP contribution >= 0.6 is 0 Å². The molecule has 20 heavy (non-hydrogen) atoms. The van der Waals surface area contributed by atoms with E-state index in [0.717, 1.165) is 50.9 Å². The van der Waals surface area contributed by atoms with Gasteiger partial charge in [0.25, 0.3) is 5.91 Å². The number of halogens is 2. The fourth-order valence-corrected chi connectivity index (χ4v) is 2.35. The lowest BCUT2D eigenvalue weighted by atomic mass is 10.2. The zero-order chi connectivity index (χ0) is 14.5. The minimum Gasteiger partial charge on any atom is -0.481 e. The highest BCUT2D eigenvalue weighted by Gasteiger charge is 2.23. The van der Waals surface area contributed by atoms with Crippen molar-refractivity contribution < 1.29 is 18.3 Å². The number of carbonyl (C=O) groups is 1. The van der Waals surface area contributed by atoms with Crippen LogP contribution in [0.2, 0.25) is 0 Å². The highest BCUT2D eigenvalue weighted by atomic mass is 19.2. The van der Waals surface area contributed by atoms with Gasteiger partial charge in [0.1, 0.15) is 5.75 Å². The average molecular weight is 283 g/mol. The second kappa shape index (κ2) is 6.68. The summed E-state index contributed by atoms with van der Waals surface area (Å²) in [4.78, 5) is 14.0. The van der Waals surface area contributed by atoms with Gasteiger partial charge in [-0.25, -0.2) is 8.78 Å². The van der Waals surface area contributed by atoms with Crippen molar-refractivity contribution in [3.8, 4) is 5.75 Å². The van der Waals surface area contributed by atoms with Crippen molar-refractivity contribution in [2.75, 3.05) is 13.1 Å². The van der Waals surface area contributed by atoms with Crippen LogP contribution in [0.25, 0.3) is 0 Å². The van der Waals surface area contributed by atoms with Gasteiger partial charge in [0.15, 0.2) is 17.7 Å². The summed E-state index contributed by atoms with van der Waals surface area (Å²) in [5, 5.41) is 0. The van der Waals surface area contributed by atoms with E-state index in [1.54, 1.807) is 11.8 Å². The van der Waals surface area contributed by atoms with E-state index in [1.165, 1.54) is 6.07 Å². The van der Waals surface area contributed by atoms with Gasteiger partial charge in [0.2, 0.25) is 0 Å². The van der Waals surface area contributed by atoms with Gasteiger partial charge in [0, 0.05) is 19.2 Å². The molecule has 1 heterocycles. The molecule has 1 amide bonds. The van der Waals surface area contributed by atoms with Crippen LogP contribution < -0.4 is 4.74 Å². The van der Waals surface area contributed by atoms with Gasteiger partial charge >= 0.3 is 0 Å².